The van der Waals surface area contributed by atoms with Gasteiger partial charge in [0.1, 0.15) is 5.65 Å². The van der Waals surface area contributed by atoms with Crippen LogP contribution in [0.25, 0.3) is 5.65 Å². The number of amides is 2. The first-order valence-corrected chi connectivity index (χ1v) is 11.3. The number of hydrogen-bond donors (Lipinski definition) is 1. The lowest BCUT2D eigenvalue weighted by Gasteiger charge is -2.34. The first-order valence-electron chi connectivity index (χ1n) is 11.3. The van der Waals surface area contributed by atoms with E-state index < -0.39 is 5.97 Å². The number of esters is 1. The van der Waals surface area contributed by atoms with Crippen LogP contribution in [0.4, 0.5) is 5.69 Å². The van der Waals surface area contributed by atoms with Gasteiger partial charge >= 0.3 is 5.97 Å². The summed E-state index contributed by atoms with van der Waals surface area (Å²) in [4.78, 5) is 45.3. The Bertz CT molecular complexity index is 1210. The summed E-state index contributed by atoms with van der Waals surface area (Å²) in [5.41, 5.74) is 4.75. The number of fused-ring (bicyclic) bond motifs is 1. The highest BCUT2D eigenvalue weighted by Gasteiger charge is 2.24. The first-order chi connectivity index (χ1) is 16.3. The minimum absolute atomic E-state index is 0.0752. The number of benzene rings is 1. The Morgan fingerprint density at radius 2 is 1.74 bits per heavy atom. The Hall–Kier alpha value is -3.72. The quantitative estimate of drug-likeness (QED) is 0.563. The summed E-state index contributed by atoms with van der Waals surface area (Å²) < 4.78 is 6.94. The number of hydrogen-bond acceptors (Lipinski definition) is 6. The number of carbonyl (C=O) groups excluding carboxylic acids is 3. The van der Waals surface area contributed by atoms with Crippen molar-refractivity contribution in [2.24, 2.45) is 0 Å². The Morgan fingerprint density at radius 1 is 1.03 bits per heavy atom. The number of pyridine rings is 1. The van der Waals surface area contributed by atoms with E-state index in [9.17, 15) is 14.4 Å². The molecule has 178 valence electrons. The van der Waals surface area contributed by atoms with Crippen LogP contribution in [0.3, 0.4) is 0 Å². The molecule has 0 spiro atoms. The molecule has 1 N–H and O–H groups in total. The summed E-state index contributed by atoms with van der Waals surface area (Å²) in [5, 5.41) is 2.99. The third-order valence-electron chi connectivity index (χ3n) is 5.99. The van der Waals surface area contributed by atoms with E-state index in [2.05, 4.69) is 10.3 Å². The average molecular weight is 464 g/mol. The number of aryl methyl sites for hydroxylation is 3. The lowest BCUT2D eigenvalue weighted by Crippen LogP contribution is -2.51. The van der Waals surface area contributed by atoms with Crippen LogP contribution in [0.2, 0.25) is 0 Å². The summed E-state index contributed by atoms with van der Waals surface area (Å²) in [6.45, 7) is 7.91. The SMILES string of the molecule is Cc1ccn2cc(C(=O)OCC(=O)N3CCN(CC(=O)Nc4c(C)cccc4C)CC3)nc2c1. The molecule has 0 radical (unpaired) electrons. The third kappa shape index (κ3) is 5.43. The molecule has 0 saturated carbocycles. The fourth-order valence-corrected chi connectivity index (χ4v) is 4.02. The van der Waals surface area contributed by atoms with Crippen LogP contribution in [0.15, 0.2) is 42.7 Å². The van der Waals surface area contributed by atoms with Gasteiger partial charge in [0.25, 0.3) is 5.91 Å². The highest BCUT2D eigenvalue weighted by molar-refractivity contribution is 5.94. The molecule has 0 bridgehead atoms. The topological polar surface area (TPSA) is 96.3 Å². The van der Waals surface area contributed by atoms with Gasteiger partial charge in [0.15, 0.2) is 12.3 Å². The van der Waals surface area contributed by atoms with Crippen molar-refractivity contribution in [1.82, 2.24) is 19.2 Å². The summed E-state index contributed by atoms with van der Waals surface area (Å²) in [7, 11) is 0. The van der Waals surface area contributed by atoms with Crippen molar-refractivity contribution in [2.75, 3.05) is 44.6 Å². The van der Waals surface area contributed by atoms with Gasteiger partial charge in [-0.25, -0.2) is 9.78 Å². The van der Waals surface area contributed by atoms with E-state index in [4.69, 9.17) is 4.74 Å². The molecule has 1 aliphatic rings. The highest BCUT2D eigenvalue weighted by atomic mass is 16.5. The normalized spacial score (nSPS) is 14.3. The highest BCUT2D eigenvalue weighted by Crippen LogP contribution is 2.19. The summed E-state index contributed by atoms with van der Waals surface area (Å²) in [6, 6.07) is 9.68. The Kier molecular flexibility index (Phi) is 6.93. The minimum Gasteiger partial charge on any atom is -0.451 e. The molecule has 9 nitrogen and oxygen atoms in total. The van der Waals surface area contributed by atoms with E-state index in [-0.39, 0.29) is 30.7 Å². The van der Waals surface area contributed by atoms with E-state index in [0.29, 0.717) is 31.8 Å². The molecular formula is C25H29N5O4. The maximum atomic E-state index is 12.5. The molecule has 1 saturated heterocycles. The van der Waals surface area contributed by atoms with Crippen molar-refractivity contribution in [3.05, 3.63) is 65.1 Å². The molecule has 0 atom stereocenters. The number of rotatable bonds is 6. The molecule has 9 heteroatoms. The summed E-state index contributed by atoms with van der Waals surface area (Å²) >= 11 is 0. The molecule has 2 aromatic heterocycles. The van der Waals surface area contributed by atoms with Crippen molar-refractivity contribution >= 4 is 29.1 Å². The molecule has 1 fully saturated rings. The van der Waals surface area contributed by atoms with Crippen LogP contribution in [0, 0.1) is 20.8 Å². The van der Waals surface area contributed by atoms with Gasteiger partial charge in [-0.2, -0.15) is 0 Å². The predicted octanol–water partition coefficient (Wildman–Crippen LogP) is 2.20. The standard InChI is InChI=1S/C25H29N5O4/c1-17-7-8-30-14-20(26-21(30)13-17)25(33)34-16-23(32)29-11-9-28(10-12-29)15-22(31)27-24-18(2)5-4-6-19(24)3/h4-8,13-14H,9-12,15-16H2,1-3H3,(H,27,31). The second-order valence-electron chi connectivity index (χ2n) is 8.64. The van der Waals surface area contributed by atoms with E-state index >= 15 is 0 Å². The number of para-hydroxylation sites is 1. The fourth-order valence-electron chi connectivity index (χ4n) is 4.02. The molecule has 4 rings (SSSR count). The fraction of sp³-hybridized carbons (Fsp3) is 0.360. The number of imidazole rings is 1. The summed E-state index contributed by atoms with van der Waals surface area (Å²) in [6.07, 6.45) is 3.41. The molecular weight excluding hydrogens is 434 g/mol. The van der Waals surface area contributed by atoms with Gasteiger partial charge in [0, 0.05) is 44.3 Å². The molecule has 0 aliphatic carbocycles. The van der Waals surface area contributed by atoms with Crippen LogP contribution in [-0.4, -0.2) is 76.3 Å². The van der Waals surface area contributed by atoms with Gasteiger partial charge in [0.05, 0.1) is 6.54 Å². The van der Waals surface area contributed by atoms with E-state index in [0.717, 1.165) is 22.4 Å². The van der Waals surface area contributed by atoms with E-state index in [1.165, 1.54) is 0 Å². The number of ether oxygens (including phenoxy) is 1. The molecule has 0 unspecified atom stereocenters. The third-order valence-corrected chi connectivity index (χ3v) is 5.99. The van der Waals surface area contributed by atoms with Crippen LogP contribution in [0.1, 0.15) is 27.2 Å². The van der Waals surface area contributed by atoms with Crippen molar-refractivity contribution in [3.8, 4) is 0 Å². The van der Waals surface area contributed by atoms with Crippen LogP contribution in [0.5, 0.6) is 0 Å². The summed E-state index contributed by atoms with van der Waals surface area (Å²) in [5.74, 6) is -0.960. The average Bonchev–Trinajstić information content (AvgIpc) is 3.23. The molecule has 34 heavy (non-hydrogen) atoms. The zero-order valence-electron chi connectivity index (χ0n) is 19.7. The number of nitrogens with one attached hydrogen (secondary N) is 1. The monoisotopic (exact) mass is 463 g/mol. The van der Waals surface area contributed by atoms with Gasteiger partial charge in [-0.1, -0.05) is 18.2 Å². The van der Waals surface area contributed by atoms with Crippen molar-refractivity contribution < 1.29 is 19.1 Å². The van der Waals surface area contributed by atoms with Crippen LogP contribution in [-0.2, 0) is 14.3 Å². The Labute approximate surface area is 198 Å². The molecule has 3 heterocycles. The minimum atomic E-state index is -0.628. The van der Waals surface area contributed by atoms with Crippen molar-refractivity contribution in [2.45, 2.75) is 20.8 Å². The van der Waals surface area contributed by atoms with Gasteiger partial charge in [-0.05, 0) is 49.6 Å². The van der Waals surface area contributed by atoms with Gasteiger partial charge in [-0.3, -0.25) is 14.5 Å². The first kappa shape index (κ1) is 23.4. The van der Waals surface area contributed by atoms with Crippen LogP contribution < -0.4 is 5.32 Å². The lowest BCUT2D eigenvalue weighted by molar-refractivity contribution is -0.136. The Balaban J connectivity index is 1.22. The van der Waals surface area contributed by atoms with Crippen molar-refractivity contribution in [1.29, 1.82) is 0 Å². The molecule has 1 aliphatic heterocycles. The number of anilines is 1. The predicted molar refractivity (Wildman–Crippen MR) is 128 cm³/mol. The van der Waals surface area contributed by atoms with Gasteiger partial charge < -0.3 is 19.4 Å². The number of aromatic nitrogens is 2. The van der Waals surface area contributed by atoms with Gasteiger partial charge in [-0.15, -0.1) is 0 Å². The lowest BCUT2D eigenvalue weighted by atomic mass is 10.1. The zero-order valence-corrected chi connectivity index (χ0v) is 19.7. The van der Waals surface area contributed by atoms with Crippen LogP contribution >= 0.6 is 0 Å². The number of piperazine rings is 1. The van der Waals surface area contributed by atoms with Crippen molar-refractivity contribution in [3.63, 3.8) is 0 Å². The van der Waals surface area contributed by atoms with E-state index in [1.807, 2.05) is 62.2 Å². The molecule has 1 aromatic carbocycles. The maximum Gasteiger partial charge on any atom is 0.359 e. The van der Waals surface area contributed by atoms with Gasteiger partial charge in [0.2, 0.25) is 5.91 Å². The van der Waals surface area contributed by atoms with E-state index in [1.54, 1.807) is 15.5 Å². The Morgan fingerprint density at radius 3 is 2.44 bits per heavy atom. The second-order valence-corrected chi connectivity index (χ2v) is 8.64. The molecule has 2 amide bonds. The smallest absolute Gasteiger partial charge is 0.359 e. The zero-order chi connectivity index (χ0) is 24.2. The number of nitrogens with zero attached hydrogens (tertiary/aromatic N) is 4. The second kappa shape index (κ2) is 10.0. The largest absolute Gasteiger partial charge is 0.451 e. The molecule has 3 aromatic rings. The number of carbonyl (C=O) groups is 3. The maximum absolute atomic E-state index is 12.5.